The molecule has 3 aliphatic rings. The number of methoxy groups -OCH3 is 2. The molecular weight excluding hydrogens is 917 g/mol. The molecule has 0 radical (unpaired) electrons. The van der Waals surface area contributed by atoms with Crippen molar-refractivity contribution in [2.75, 3.05) is 33.9 Å². The number of fused-ring (bicyclic) bond motifs is 2. The van der Waals surface area contributed by atoms with Gasteiger partial charge in [-0.2, -0.15) is 17.6 Å². The highest BCUT2D eigenvalue weighted by Gasteiger charge is 2.48. The second kappa shape index (κ2) is 19.6. The van der Waals surface area contributed by atoms with Gasteiger partial charge in [0, 0.05) is 48.5 Å². The van der Waals surface area contributed by atoms with Crippen molar-refractivity contribution >= 4 is 29.0 Å². The number of imidazole rings is 2. The van der Waals surface area contributed by atoms with Crippen LogP contribution in [0.1, 0.15) is 80.0 Å². The quantitative estimate of drug-likeness (QED) is 0.0636. The van der Waals surface area contributed by atoms with Crippen LogP contribution >= 0.6 is 0 Å². The first-order valence-corrected chi connectivity index (χ1v) is 22.1. The van der Waals surface area contributed by atoms with Crippen molar-refractivity contribution in [1.29, 1.82) is 0 Å². The third kappa shape index (κ3) is 11.5. The van der Waals surface area contributed by atoms with Gasteiger partial charge in [0.25, 0.3) is 0 Å². The number of carbonyl (C=O) groups is 3. The molecule has 0 N–H and O–H groups in total. The van der Waals surface area contributed by atoms with Crippen LogP contribution in [0.4, 0.5) is 31.1 Å². The van der Waals surface area contributed by atoms with Gasteiger partial charge in [0.1, 0.15) is 69.2 Å². The average Bonchev–Trinajstić information content (AvgIpc) is 4.19. The first-order valence-electron chi connectivity index (χ1n) is 22.1. The smallest absolute Gasteiger partial charge is 0.410 e. The molecule has 2 saturated carbocycles. The number of Topliss-reactive ketones (excluding diaryl/α,β-unsaturated/α-hetero) is 2. The summed E-state index contributed by atoms with van der Waals surface area (Å²) in [6.07, 6.45) is 9.87. The summed E-state index contributed by atoms with van der Waals surface area (Å²) in [5.74, 6) is -0.362. The summed E-state index contributed by atoms with van der Waals surface area (Å²) in [5.41, 5.74) is 0.396. The number of nitrogens with zero attached hydrogens (tertiary/aromatic N) is 5. The molecule has 20 heteroatoms. The van der Waals surface area contributed by atoms with Gasteiger partial charge in [-0.15, -0.1) is 0 Å². The van der Waals surface area contributed by atoms with Crippen LogP contribution in [-0.2, 0) is 4.74 Å². The van der Waals surface area contributed by atoms with Crippen molar-refractivity contribution in [3.8, 4) is 51.3 Å². The van der Waals surface area contributed by atoms with Gasteiger partial charge >= 0.3 is 19.3 Å². The van der Waals surface area contributed by atoms with E-state index in [0.29, 0.717) is 39.6 Å². The van der Waals surface area contributed by atoms with Gasteiger partial charge in [-0.1, -0.05) is 0 Å². The molecule has 5 heterocycles. The van der Waals surface area contributed by atoms with Crippen LogP contribution in [-0.4, -0.2) is 99.7 Å². The molecular formula is C49H49F6N5O9. The van der Waals surface area contributed by atoms with E-state index in [4.69, 9.17) is 23.7 Å². The molecule has 366 valence electrons. The normalized spacial score (nSPS) is 15.4. The van der Waals surface area contributed by atoms with Gasteiger partial charge in [0.05, 0.1) is 51.1 Å². The number of ketones is 2. The van der Waals surface area contributed by atoms with Crippen molar-refractivity contribution in [3.63, 3.8) is 0 Å². The molecule has 1 amide bonds. The molecule has 4 aromatic heterocycles. The maximum Gasteiger partial charge on any atom is 0.410 e. The number of rotatable bonds is 17. The minimum Gasteiger partial charge on any atom is -0.496 e. The lowest BCUT2D eigenvalue weighted by Crippen LogP contribution is -2.64. The zero-order chi connectivity index (χ0) is 49.4. The zero-order valence-corrected chi connectivity index (χ0v) is 38.3. The summed E-state index contributed by atoms with van der Waals surface area (Å²) in [6.45, 7) is -1.54. The van der Waals surface area contributed by atoms with E-state index < -0.39 is 36.4 Å². The van der Waals surface area contributed by atoms with E-state index in [2.05, 4.69) is 14.7 Å². The van der Waals surface area contributed by atoms with E-state index in [1.807, 2.05) is 0 Å². The Morgan fingerprint density at radius 3 is 1.62 bits per heavy atom. The summed E-state index contributed by atoms with van der Waals surface area (Å²) in [7, 11) is 2.73. The van der Waals surface area contributed by atoms with Crippen LogP contribution in [0.2, 0.25) is 0 Å². The molecule has 14 nitrogen and oxygen atoms in total. The first-order chi connectivity index (χ1) is 32.8. The third-order valence-corrected chi connectivity index (χ3v) is 11.6. The predicted octanol–water partition coefficient (Wildman–Crippen LogP) is 10.7. The number of aromatic nitrogens is 4. The lowest BCUT2D eigenvalue weighted by molar-refractivity contribution is -0.0685. The van der Waals surface area contributed by atoms with Crippen molar-refractivity contribution in [1.82, 2.24) is 23.7 Å². The Bertz CT molecular complexity index is 2880. The Kier molecular flexibility index (Phi) is 13.7. The fourth-order valence-electron chi connectivity index (χ4n) is 7.93. The van der Waals surface area contributed by atoms with Crippen LogP contribution in [0.5, 0.6) is 28.7 Å². The molecule has 0 unspecified atom stereocenters. The molecule has 0 spiro atoms. The predicted molar refractivity (Wildman–Crippen MR) is 238 cm³/mol. The number of halogens is 6. The minimum absolute atomic E-state index is 0.00524. The second-order valence-electron chi connectivity index (χ2n) is 18.2. The molecule has 1 saturated heterocycles. The maximum absolute atomic E-state index is 15.0. The van der Waals surface area contributed by atoms with Crippen LogP contribution in [0.3, 0.4) is 0 Å². The van der Waals surface area contributed by atoms with E-state index in [9.17, 15) is 36.3 Å². The van der Waals surface area contributed by atoms with Gasteiger partial charge in [-0.05, 0) is 94.7 Å². The molecule has 0 atom stereocenters. The lowest BCUT2D eigenvalue weighted by Gasteiger charge is -2.43. The number of likely N-dealkylation sites (tertiary alicyclic amines) is 1. The van der Waals surface area contributed by atoms with E-state index in [1.54, 1.807) is 60.0 Å². The molecule has 0 bridgehead atoms. The summed E-state index contributed by atoms with van der Waals surface area (Å²) in [5, 5.41) is 0. The molecule has 2 aromatic carbocycles. The minimum atomic E-state index is -3.13. The summed E-state index contributed by atoms with van der Waals surface area (Å²) >= 11 is 0. The monoisotopic (exact) mass is 965 g/mol. The van der Waals surface area contributed by atoms with E-state index >= 15 is 4.39 Å². The fraction of sp³-hybridized carbons (Fsp3) is 0.408. The van der Waals surface area contributed by atoms with Gasteiger partial charge in [0.2, 0.25) is 0 Å². The molecule has 69 heavy (non-hydrogen) atoms. The molecule has 6 aromatic rings. The Labute approximate surface area is 392 Å². The number of hydrogen-bond donors (Lipinski definition) is 0. The van der Waals surface area contributed by atoms with Crippen LogP contribution < -0.4 is 23.7 Å². The number of ether oxygens (including phenoxy) is 6. The van der Waals surface area contributed by atoms with E-state index in [1.165, 1.54) is 62.0 Å². The Hall–Kier alpha value is -6.99. The molecule has 9 rings (SSSR count). The van der Waals surface area contributed by atoms with Gasteiger partial charge in [-0.3, -0.25) is 18.4 Å². The van der Waals surface area contributed by atoms with Crippen LogP contribution in [0, 0.1) is 17.7 Å². The number of amides is 1. The van der Waals surface area contributed by atoms with Gasteiger partial charge in [0.15, 0.2) is 17.2 Å². The van der Waals surface area contributed by atoms with Crippen molar-refractivity contribution in [2.45, 2.75) is 83.8 Å². The highest BCUT2D eigenvalue weighted by Crippen LogP contribution is 2.42. The Balaban J connectivity index is 0.000000200. The summed E-state index contributed by atoms with van der Waals surface area (Å²) in [4.78, 5) is 47.4. The largest absolute Gasteiger partial charge is 0.496 e. The maximum atomic E-state index is 15.0. The SMILES string of the molecule is COc1cc(-c2cnc3cc(F)ccn23)cc(OC(F)F)c1C(=O)CC1CC1.COc1cc(-c2cnc3cc(OCC4(F)CN(C(=O)OC(C)(C)C)C4)ccn23)cc(OC(F)F)c1C(=O)CC1CC1. The first kappa shape index (κ1) is 48.5. The molecule has 3 fully saturated rings. The standard InChI is InChI=1S/C29H32F3N3O6.C20H17F3N2O3/c1-28(2,3)41-27(37)34-14-29(32,15-34)16-39-19-7-8-35-20(13-33-24(35)12-19)18-10-22(38-4)25(21(36)9-17-5-6-17)23(11-18)40-26(30)31;1-27-16-7-12(14-10-24-18-9-13(21)4-5-25(14)18)8-17(28-20(22)23)19(16)15(26)6-11-2-3-11/h7-8,10-13,17,26H,5-6,9,14-16H2,1-4H3;4-5,7-11,20H,2-3,6H2,1H3. The fourth-order valence-corrected chi connectivity index (χ4v) is 7.93. The topological polar surface area (TPSA) is 144 Å². The van der Waals surface area contributed by atoms with E-state index in [-0.39, 0.29) is 90.1 Å². The highest BCUT2D eigenvalue weighted by molar-refractivity contribution is 6.03. The van der Waals surface area contributed by atoms with Gasteiger partial charge < -0.3 is 33.3 Å². The van der Waals surface area contributed by atoms with Crippen molar-refractivity contribution < 1.29 is 69.1 Å². The third-order valence-electron chi connectivity index (χ3n) is 11.6. The average molecular weight is 966 g/mol. The highest BCUT2D eigenvalue weighted by atomic mass is 19.3. The van der Waals surface area contributed by atoms with Crippen LogP contribution in [0.15, 0.2) is 73.3 Å². The van der Waals surface area contributed by atoms with Crippen LogP contribution in [0.25, 0.3) is 33.8 Å². The summed E-state index contributed by atoms with van der Waals surface area (Å²) in [6, 6.07) is 11.7. The number of carbonyl (C=O) groups excluding carboxylic acids is 3. The number of benzene rings is 2. The Morgan fingerprint density at radius 1 is 0.710 bits per heavy atom. The second-order valence-corrected chi connectivity index (χ2v) is 18.2. The number of alkyl halides is 5. The number of hydrogen-bond acceptors (Lipinski definition) is 11. The van der Waals surface area contributed by atoms with E-state index in [0.717, 1.165) is 25.7 Å². The van der Waals surface area contributed by atoms with Gasteiger partial charge in [-0.25, -0.2) is 23.5 Å². The molecule has 2 aliphatic carbocycles. The lowest BCUT2D eigenvalue weighted by atomic mass is 9.98. The molecule has 1 aliphatic heterocycles. The Morgan fingerprint density at radius 2 is 1.17 bits per heavy atom. The van der Waals surface area contributed by atoms with Crippen molar-refractivity contribution in [3.05, 3.63) is 90.3 Å². The van der Waals surface area contributed by atoms with Crippen molar-refractivity contribution in [2.24, 2.45) is 11.8 Å². The zero-order valence-electron chi connectivity index (χ0n) is 38.3. The number of pyridine rings is 2. The summed E-state index contributed by atoms with van der Waals surface area (Å²) < 4.78 is 115.